The van der Waals surface area contributed by atoms with Crippen LogP contribution < -0.4 is 9.80 Å². The fourth-order valence-electron chi connectivity index (χ4n) is 3.83. The van der Waals surface area contributed by atoms with Crippen LogP contribution in [0.2, 0.25) is 0 Å². The second-order valence-corrected chi connectivity index (χ2v) is 7.60. The Morgan fingerprint density at radius 2 is 1.79 bits per heavy atom. The Morgan fingerprint density at radius 3 is 2.57 bits per heavy atom. The van der Waals surface area contributed by atoms with Crippen molar-refractivity contribution in [1.29, 1.82) is 0 Å². The van der Waals surface area contributed by atoms with Crippen LogP contribution in [-0.4, -0.2) is 18.4 Å². The van der Waals surface area contributed by atoms with Gasteiger partial charge in [-0.3, -0.25) is 9.59 Å². The Morgan fingerprint density at radius 1 is 0.929 bits per heavy atom. The Hall–Kier alpha value is -3.25. The molecule has 0 saturated carbocycles. The number of carbonyl (C=O) groups excluding carboxylic acids is 2. The van der Waals surface area contributed by atoms with Crippen LogP contribution in [0.5, 0.6) is 0 Å². The topological polar surface area (TPSA) is 40.6 Å². The maximum absolute atomic E-state index is 13.8. The minimum Gasteiger partial charge on any atom is -0.336 e. The first kappa shape index (κ1) is 16.9. The highest BCUT2D eigenvalue weighted by Gasteiger charge is 2.44. The first-order valence-electron chi connectivity index (χ1n) is 8.93. The van der Waals surface area contributed by atoms with Crippen molar-refractivity contribution in [3.05, 3.63) is 88.0 Å². The van der Waals surface area contributed by atoms with E-state index in [4.69, 9.17) is 0 Å². The number of imide groups is 1. The molecule has 0 saturated heterocycles. The standard InChI is InChI=1S/C22H15FN2O2S/c23-15-6-3-7-16(13-15)25-21(26)19(18-9-4-12-28-18)20(22(25)27)24-11-10-14-5-1-2-8-17(14)24/h1-9,12-13H,10-11H2. The first-order chi connectivity index (χ1) is 13.6. The number of benzene rings is 2. The van der Waals surface area contributed by atoms with E-state index in [2.05, 4.69) is 0 Å². The SMILES string of the molecule is O=C1C(c2cccs2)=C(N2CCc3ccccc32)C(=O)N1c1cccc(F)c1. The number of hydrogen-bond acceptors (Lipinski definition) is 4. The average Bonchev–Trinajstić information content (AvgIpc) is 3.40. The fraction of sp³-hybridized carbons (Fsp3) is 0.0909. The van der Waals surface area contributed by atoms with E-state index in [9.17, 15) is 14.0 Å². The molecular weight excluding hydrogens is 375 g/mol. The van der Waals surface area contributed by atoms with E-state index in [1.807, 2.05) is 46.7 Å². The van der Waals surface area contributed by atoms with Crippen LogP contribution in [0, 0.1) is 5.82 Å². The molecule has 0 fully saturated rings. The van der Waals surface area contributed by atoms with Crippen molar-refractivity contribution < 1.29 is 14.0 Å². The molecule has 0 aliphatic carbocycles. The molecule has 0 unspecified atom stereocenters. The summed E-state index contributed by atoms with van der Waals surface area (Å²) in [6, 6.07) is 17.2. The van der Waals surface area contributed by atoms with Crippen molar-refractivity contribution in [2.45, 2.75) is 6.42 Å². The molecule has 138 valence electrons. The molecule has 0 bridgehead atoms. The maximum atomic E-state index is 13.8. The van der Waals surface area contributed by atoms with Gasteiger partial charge >= 0.3 is 0 Å². The van der Waals surface area contributed by atoms with Crippen LogP contribution in [0.15, 0.2) is 71.7 Å². The van der Waals surface area contributed by atoms with Gasteiger partial charge in [0.2, 0.25) is 0 Å². The van der Waals surface area contributed by atoms with Crippen molar-refractivity contribution in [1.82, 2.24) is 0 Å². The molecule has 6 heteroatoms. The van der Waals surface area contributed by atoms with Crippen LogP contribution >= 0.6 is 11.3 Å². The third-order valence-electron chi connectivity index (χ3n) is 5.05. The fourth-order valence-corrected chi connectivity index (χ4v) is 4.59. The van der Waals surface area contributed by atoms with Crippen LogP contribution in [0.1, 0.15) is 10.4 Å². The Labute approximate surface area is 165 Å². The normalized spacial score (nSPS) is 16.3. The van der Waals surface area contributed by atoms with Gasteiger partial charge in [-0.25, -0.2) is 9.29 Å². The number of rotatable bonds is 3. The number of para-hydroxylation sites is 1. The monoisotopic (exact) mass is 390 g/mol. The largest absolute Gasteiger partial charge is 0.336 e. The average molecular weight is 390 g/mol. The molecule has 2 aliphatic heterocycles. The zero-order valence-electron chi connectivity index (χ0n) is 14.8. The molecule has 4 nitrogen and oxygen atoms in total. The molecule has 2 aromatic carbocycles. The number of hydrogen-bond donors (Lipinski definition) is 0. The van der Waals surface area contributed by atoms with Gasteiger partial charge in [0.1, 0.15) is 11.5 Å². The van der Waals surface area contributed by atoms with Gasteiger partial charge in [-0.2, -0.15) is 0 Å². The predicted octanol–water partition coefficient (Wildman–Crippen LogP) is 4.23. The lowest BCUT2D eigenvalue weighted by molar-refractivity contribution is -0.120. The van der Waals surface area contributed by atoms with Gasteiger partial charge in [-0.05, 0) is 47.7 Å². The number of fused-ring (bicyclic) bond motifs is 1. The summed E-state index contributed by atoms with van der Waals surface area (Å²) >= 11 is 1.41. The van der Waals surface area contributed by atoms with Crippen LogP contribution in [0.4, 0.5) is 15.8 Å². The summed E-state index contributed by atoms with van der Waals surface area (Å²) in [6.07, 6.45) is 0.804. The molecule has 2 amide bonds. The van der Waals surface area contributed by atoms with Crippen LogP contribution in [-0.2, 0) is 16.0 Å². The summed E-state index contributed by atoms with van der Waals surface area (Å²) in [4.78, 5) is 30.5. The van der Waals surface area contributed by atoms with Crippen LogP contribution in [0.3, 0.4) is 0 Å². The number of halogens is 1. The van der Waals surface area contributed by atoms with Gasteiger partial charge in [-0.15, -0.1) is 11.3 Å². The molecular formula is C22H15FN2O2S. The van der Waals surface area contributed by atoms with Crippen molar-refractivity contribution in [3.8, 4) is 0 Å². The molecule has 0 radical (unpaired) electrons. The molecule has 0 N–H and O–H groups in total. The van der Waals surface area contributed by atoms with E-state index < -0.39 is 17.6 Å². The van der Waals surface area contributed by atoms with E-state index in [1.54, 1.807) is 6.07 Å². The molecule has 0 spiro atoms. The lowest BCUT2D eigenvalue weighted by atomic mass is 10.1. The van der Waals surface area contributed by atoms with Crippen molar-refractivity contribution in [2.75, 3.05) is 16.3 Å². The second-order valence-electron chi connectivity index (χ2n) is 6.66. The van der Waals surface area contributed by atoms with E-state index in [0.29, 0.717) is 17.8 Å². The Kier molecular flexibility index (Phi) is 3.87. The van der Waals surface area contributed by atoms with Gasteiger partial charge in [0.15, 0.2) is 0 Å². The number of anilines is 2. The summed E-state index contributed by atoms with van der Waals surface area (Å²) in [5.74, 6) is -1.33. The van der Waals surface area contributed by atoms with Crippen molar-refractivity contribution in [2.24, 2.45) is 0 Å². The maximum Gasteiger partial charge on any atom is 0.282 e. The van der Waals surface area contributed by atoms with Crippen LogP contribution in [0.25, 0.3) is 5.57 Å². The van der Waals surface area contributed by atoms with Gasteiger partial charge < -0.3 is 4.90 Å². The molecule has 0 atom stereocenters. The molecule has 28 heavy (non-hydrogen) atoms. The number of amides is 2. The Balaban J connectivity index is 1.68. The highest BCUT2D eigenvalue weighted by molar-refractivity contribution is 7.11. The van der Waals surface area contributed by atoms with Gasteiger partial charge in [0.25, 0.3) is 11.8 Å². The zero-order chi connectivity index (χ0) is 19.3. The van der Waals surface area contributed by atoms with Gasteiger partial charge in [0.05, 0.1) is 11.3 Å². The number of carbonyl (C=O) groups is 2. The van der Waals surface area contributed by atoms with E-state index in [0.717, 1.165) is 27.4 Å². The smallest absolute Gasteiger partial charge is 0.282 e. The molecule has 3 heterocycles. The third-order valence-corrected chi connectivity index (χ3v) is 5.94. The summed E-state index contributed by atoms with van der Waals surface area (Å²) in [6.45, 7) is 0.625. The van der Waals surface area contributed by atoms with E-state index in [-0.39, 0.29) is 5.69 Å². The first-order valence-corrected chi connectivity index (χ1v) is 9.81. The van der Waals surface area contributed by atoms with Crippen molar-refractivity contribution >= 4 is 40.1 Å². The third kappa shape index (κ3) is 2.49. The minimum absolute atomic E-state index is 0.242. The zero-order valence-corrected chi connectivity index (χ0v) is 15.6. The summed E-state index contributed by atoms with van der Waals surface area (Å²) in [5.41, 5.74) is 3.06. The lowest BCUT2D eigenvalue weighted by Crippen LogP contribution is -2.34. The lowest BCUT2D eigenvalue weighted by Gasteiger charge is -2.21. The van der Waals surface area contributed by atoms with E-state index >= 15 is 0 Å². The van der Waals surface area contributed by atoms with Gasteiger partial charge in [-0.1, -0.05) is 30.3 Å². The summed E-state index contributed by atoms with van der Waals surface area (Å²) in [5, 5.41) is 1.88. The highest BCUT2D eigenvalue weighted by atomic mass is 32.1. The molecule has 3 aromatic rings. The Bertz CT molecular complexity index is 1140. The van der Waals surface area contributed by atoms with Gasteiger partial charge in [0, 0.05) is 17.1 Å². The number of thiophene rings is 1. The minimum atomic E-state index is -0.490. The second kappa shape index (κ2) is 6.42. The summed E-state index contributed by atoms with van der Waals surface area (Å²) < 4.78 is 13.8. The predicted molar refractivity (Wildman–Crippen MR) is 108 cm³/mol. The van der Waals surface area contributed by atoms with Crippen molar-refractivity contribution in [3.63, 3.8) is 0 Å². The molecule has 2 aliphatic rings. The molecule has 1 aromatic heterocycles. The molecule has 5 rings (SSSR count). The van der Waals surface area contributed by atoms with E-state index in [1.165, 1.54) is 29.5 Å². The quantitative estimate of drug-likeness (QED) is 0.629. The number of nitrogens with zero attached hydrogens (tertiary/aromatic N) is 2. The summed E-state index contributed by atoms with van der Waals surface area (Å²) in [7, 11) is 0. The highest BCUT2D eigenvalue weighted by Crippen LogP contribution is 2.40.